The summed E-state index contributed by atoms with van der Waals surface area (Å²) in [5.74, 6) is -0.0590. The predicted molar refractivity (Wildman–Crippen MR) is 50.8 cm³/mol. The van der Waals surface area contributed by atoms with E-state index in [1.165, 1.54) is 0 Å². The summed E-state index contributed by atoms with van der Waals surface area (Å²) < 4.78 is 0. The second kappa shape index (κ2) is 7.10. The van der Waals surface area contributed by atoms with Crippen molar-refractivity contribution in [3.63, 3.8) is 0 Å². The number of carbonyl (C=O) groups is 1. The van der Waals surface area contributed by atoms with Crippen LogP contribution in [0.3, 0.4) is 0 Å². The first-order valence-electron chi connectivity index (χ1n) is 4.66. The van der Waals surface area contributed by atoms with Crippen molar-refractivity contribution < 1.29 is 4.79 Å². The molecule has 0 saturated heterocycles. The third-order valence-corrected chi connectivity index (χ3v) is 2.02. The smallest absolute Gasteiger partial charge is 0.220 e. The maximum absolute atomic E-state index is 10.9. The van der Waals surface area contributed by atoms with Gasteiger partial charge in [0.05, 0.1) is 0 Å². The van der Waals surface area contributed by atoms with E-state index in [4.69, 9.17) is 5.73 Å². The van der Waals surface area contributed by atoms with E-state index in [0.29, 0.717) is 0 Å². The SMILES string of the molecule is CCCC(CCCNC)C(N)=O. The topological polar surface area (TPSA) is 55.1 Å². The van der Waals surface area contributed by atoms with Crippen molar-refractivity contribution in [3.8, 4) is 0 Å². The zero-order valence-electron chi connectivity index (χ0n) is 8.10. The number of carbonyl (C=O) groups excluding carboxylic acids is 1. The molecular formula is C9H20N2O. The lowest BCUT2D eigenvalue weighted by Gasteiger charge is -2.11. The normalized spacial score (nSPS) is 12.8. The summed E-state index contributed by atoms with van der Waals surface area (Å²) in [6.07, 6.45) is 3.92. The maximum atomic E-state index is 10.9. The minimum absolute atomic E-state index is 0.0864. The van der Waals surface area contributed by atoms with Crippen LogP contribution in [0, 0.1) is 5.92 Å². The number of hydrogen-bond donors (Lipinski definition) is 2. The van der Waals surface area contributed by atoms with Crippen molar-refractivity contribution in [3.05, 3.63) is 0 Å². The van der Waals surface area contributed by atoms with Crippen molar-refractivity contribution in [2.45, 2.75) is 32.6 Å². The summed E-state index contributed by atoms with van der Waals surface area (Å²) in [4.78, 5) is 10.9. The van der Waals surface area contributed by atoms with Crippen LogP contribution in [-0.2, 0) is 4.79 Å². The minimum atomic E-state index is -0.145. The fourth-order valence-corrected chi connectivity index (χ4v) is 1.30. The van der Waals surface area contributed by atoms with Crippen molar-refractivity contribution in [1.82, 2.24) is 5.32 Å². The summed E-state index contributed by atoms with van der Waals surface area (Å²) in [7, 11) is 1.92. The molecule has 0 aliphatic heterocycles. The first-order valence-corrected chi connectivity index (χ1v) is 4.66. The summed E-state index contributed by atoms with van der Waals surface area (Å²) in [5, 5.41) is 3.05. The van der Waals surface area contributed by atoms with E-state index in [1.54, 1.807) is 0 Å². The van der Waals surface area contributed by atoms with Crippen molar-refractivity contribution in [2.24, 2.45) is 11.7 Å². The molecule has 0 aromatic carbocycles. The molecule has 0 aromatic rings. The van der Waals surface area contributed by atoms with Crippen LogP contribution in [0.15, 0.2) is 0 Å². The molecule has 0 bridgehead atoms. The molecule has 0 fully saturated rings. The van der Waals surface area contributed by atoms with E-state index in [0.717, 1.165) is 32.2 Å². The van der Waals surface area contributed by atoms with Gasteiger partial charge in [0.25, 0.3) is 0 Å². The molecule has 0 rings (SSSR count). The molecule has 12 heavy (non-hydrogen) atoms. The maximum Gasteiger partial charge on any atom is 0.220 e. The molecule has 0 aromatic heterocycles. The summed E-state index contributed by atoms with van der Waals surface area (Å²) in [5.41, 5.74) is 5.25. The molecule has 0 radical (unpaired) electrons. The number of nitrogens with one attached hydrogen (secondary N) is 1. The number of rotatable bonds is 7. The predicted octanol–water partition coefficient (Wildman–Crippen LogP) is 0.888. The van der Waals surface area contributed by atoms with Gasteiger partial charge in [0.15, 0.2) is 0 Å². The van der Waals surface area contributed by atoms with E-state index in [1.807, 2.05) is 7.05 Å². The lowest BCUT2D eigenvalue weighted by molar-refractivity contribution is -0.122. The Kier molecular flexibility index (Phi) is 6.76. The Morgan fingerprint density at radius 3 is 2.58 bits per heavy atom. The number of primary amides is 1. The van der Waals surface area contributed by atoms with Crippen molar-refractivity contribution in [1.29, 1.82) is 0 Å². The molecule has 72 valence electrons. The van der Waals surface area contributed by atoms with Gasteiger partial charge in [-0.25, -0.2) is 0 Å². The van der Waals surface area contributed by atoms with Crippen LogP contribution >= 0.6 is 0 Å². The second-order valence-electron chi connectivity index (χ2n) is 3.13. The van der Waals surface area contributed by atoms with E-state index in [9.17, 15) is 4.79 Å². The molecule has 3 nitrogen and oxygen atoms in total. The molecular weight excluding hydrogens is 152 g/mol. The van der Waals surface area contributed by atoms with Gasteiger partial charge in [-0.3, -0.25) is 4.79 Å². The lowest BCUT2D eigenvalue weighted by atomic mass is 9.97. The third kappa shape index (κ3) is 5.13. The second-order valence-corrected chi connectivity index (χ2v) is 3.13. The monoisotopic (exact) mass is 172 g/mol. The van der Waals surface area contributed by atoms with Gasteiger partial charge in [0.1, 0.15) is 0 Å². The fraction of sp³-hybridized carbons (Fsp3) is 0.889. The zero-order chi connectivity index (χ0) is 9.40. The quantitative estimate of drug-likeness (QED) is 0.560. The fourth-order valence-electron chi connectivity index (χ4n) is 1.30. The average Bonchev–Trinajstić information content (AvgIpc) is 2.03. The molecule has 3 heteroatoms. The number of nitrogens with two attached hydrogens (primary N) is 1. The molecule has 0 heterocycles. The van der Waals surface area contributed by atoms with Crippen LogP contribution in [0.2, 0.25) is 0 Å². The van der Waals surface area contributed by atoms with E-state index in [-0.39, 0.29) is 11.8 Å². The highest BCUT2D eigenvalue weighted by molar-refractivity contribution is 5.76. The summed E-state index contributed by atoms with van der Waals surface area (Å²) >= 11 is 0. The Morgan fingerprint density at radius 2 is 2.17 bits per heavy atom. The van der Waals surface area contributed by atoms with E-state index < -0.39 is 0 Å². The Labute approximate surface area is 74.7 Å². The Morgan fingerprint density at radius 1 is 1.50 bits per heavy atom. The highest BCUT2D eigenvalue weighted by atomic mass is 16.1. The van der Waals surface area contributed by atoms with Crippen molar-refractivity contribution in [2.75, 3.05) is 13.6 Å². The van der Waals surface area contributed by atoms with Gasteiger partial charge >= 0.3 is 0 Å². The van der Waals surface area contributed by atoms with Crippen LogP contribution in [0.25, 0.3) is 0 Å². The van der Waals surface area contributed by atoms with Crippen LogP contribution in [0.1, 0.15) is 32.6 Å². The molecule has 1 amide bonds. The third-order valence-electron chi connectivity index (χ3n) is 2.02. The first-order chi connectivity index (χ1) is 5.72. The Hall–Kier alpha value is -0.570. The molecule has 0 aliphatic rings. The van der Waals surface area contributed by atoms with Crippen LogP contribution in [0.4, 0.5) is 0 Å². The zero-order valence-corrected chi connectivity index (χ0v) is 8.10. The number of hydrogen-bond acceptors (Lipinski definition) is 2. The largest absolute Gasteiger partial charge is 0.369 e. The summed E-state index contributed by atoms with van der Waals surface area (Å²) in [6, 6.07) is 0. The van der Waals surface area contributed by atoms with E-state index in [2.05, 4.69) is 12.2 Å². The number of amides is 1. The van der Waals surface area contributed by atoms with Crippen LogP contribution < -0.4 is 11.1 Å². The molecule has 3 N–H and O–H groups in total. The molecule has 0 spiro atoms. The Balaban J connectivity index is 3.56. The Bertz CT molecular complexity index is 126. The van der Waals surface area contributed by atoms with E-state index >= 15 is 0 Å². The van der Waals surface area contributed by atoms with Gasteiger partial charge < -0.3 is 11.1 Å². The highest BCUT2D eigenvalue weighted by Gasteiger charge is 2.12. The van der Waals surface area contributed by atoms with Gasteiger partial charge in [-0.1, -0.05) is 13.3 Å². The molecule has 0 saturated carbocycles. The average molecular weight is 172 g/mol. The van der Waals surface area contributed by atoms with Crippen LogP contribution in [-0.4, -0.2) is 19.5 Å². The van der Waals surface area contributed by atoms with Gasteiger partial charge in [-0.15, -0.1) is 0 Å². The summed E-state index contributed by atoms with van der Waals surface area (Å²) in [6.45, 7) is 3.04. The van der Waals surface area contributed by atoms with Crippen molar-refractivity contribution >= 4 is 5.91 Å². The van der Waals surface area contributed by atoms with Crippen LogP contribution in [0.5, 0.6) is 0 Å². The molecule has 0 aliphatic carbocycles. The lowest BCUT2D eigenvalue weighted by Crippen LogP contribution is -2.24. The highest BCUT2D eigenvalue weighted by Crippen LogP contribution is 2.12. The van der Waals surface area contributed by atoms with Gasteiger partial charge in [0, 0.05) is 5.92 Å². The molecule has 1 unspecified atom stereocenters. The van der Waals surface area contributed by atoms with Gasteiger partial charge in [-0.05, 0) is 32.9 Å². The van der Waals surface area contributed by atoms with Gasteiger partial charge in [-0.2, -0.15) is 0 Å². The molecule has 1 atom stereocenters. The van der Waals surface area contributed by atoms with Gasteiger partial charge in [0.2, 0.25) is 5.91 Å². The first kappa shape index (κ1) is 11.4. The minimum Gasteiger partial charge on any atom is -0.369 e. The standard InChI is InChI=1S/C9H20N2O/c1-3-5-8(9(10)12)6-4-7-11-2/h8,11H,3-7H2,1-2H3,(H2,10,12).